The predicted molar refractivity (Wildman–Crippen MR) is 78.4 cm³/mol. The van der Waals surface area contributed by atoms with E-state index in [0.29, 0.717) is 0 Å². The maximum absolute atomic E-state index is 11.6. The van der Waals surface area contributed by atoms with E-state index in [1.807, 2.05) is 6.92 Å². The highest BCUT2D eigenvalue weighted by atomic mass is 32.2. The van der Waals surface area contributed by atoms with Gasteiger partial charge < -0.3 is 5.32 Å². The lowest BCUT2D eigenvalue weighted by Gasteiger charge is -2.25. The van der Waals surface area contributed by atoms with E-state index in [4.69, 9.17) is 0 Å². The smallest absolute Gasteiger partial charge is 0.269 e. The van der Waals surface area contributed by atoms with Crippen LogP contribution in [-0.4, -0.2) is 30.9 Å². The minimum atomic E-state index is -3.17. The van der Waals surface area contributed by atoms with E-state index in [9.17, 15) is 18.5 Å². The number of sulfone groups is 1. The van der Waals surface area contributed by atoms with Gasteiger partial charge in [0.05, 0.1) is 9.67 Å². The molecule has 0 spiro atoms. The van der Waals surface area contributed by atoms with Crippen LogP contribution in [0.5, 0.6) is 0 Å². The van der Waals surface area contributed by atoms with Crippen molar-refractivity contribution in [2.24, 2.45) is 0 Å². The Bertz CT molecular complexity index is 596. The molecule has 0 aliphatic rings. The number of hydrogen-bond acceptors (Lipinski definition) is 5. The van der Waals surface area contributed by atoms with E-state index in [-0.39, 0.29) is 18.3 Å². The van der Waals surface area contributed by atoms with Gasteiger partial charge in [0, 0.05) is 31.0 Å². The Balaban J connectivity index is 2.80. The van der Waals surface area contributed by atoms with E-state index >= 15 is 0 Å². The molecule has 6 nitrogen and oxygen atoms in total. The first kappa shape index (κ1) is 16.6. The van der Waals surface area contributed by atoms with Crippen LogP contribution in [0.1, 0.15) is 32.4 Å². The van der Waals surface area contributed by atoms with Crippen LogP contribution in [-0.2, 0) is 9.84 Å². The zero-order chi connectivity index (χ0) is 15.6. The Morgan fingerprint density at radius 2 is 2.00 bits per heavy atom. The molecular weight excluding hydrogens is 280 g/mol. The summed E-state index contributed by atoms with van der Waals surface area (Å²) in [7, 11) is -3.17. The molecule has 20 heavy (non-hydrogen) atoms. The van der Waals surface area contributed by atoms with Crippen molar-refractivity contribution in [3.05, 3.63) is 39.9 Å². The largest absolute Gasteiger partial charge is 0.309 e. The molecule has 7 heteroatoms. The quantitative estimate of drug-likeness (QED) is 0.641. The van der Waals surface area contributed by atoms with Crippen molar-refractivity contribution in [3.8, 4) is 0 Å². The van der Waals surface area contributed by atoms with Crippen LogP contribution in [0.25, 0.3) is 0 Å². The molecule has 0 heterocycles. The molecule has 0 aliphatic carbocycles. The molecule has 0 radical (unpaired) electrons. The second-order valence-corrected chi connectivity index (χ2v) is 8.14. The van der Waals surface area contributed by atoms with Gasteiger partial charge in [0.1, 0.15) is 0 Å². The van der Waals surface area contributed by atoms with E-state index < -0.39 is 19.5 Å². The molecule has 1 N–H and O–H groups in total. The van der Waals surface area contributed by atoms with Gasteiger partial charge in [-0.15, -0.1) is 0 Å². The topological polar surface area (TPSA) is 89.3 Å². The normalized spacial score (nSPS) is 14.0. The zero-order valence-electron chi connectivity index (χ0n) is 12.1. The van der Waals surface area contributed by atoms with E-state index in [1.165, 1.54) is 18.4 Å². The standard InChI is InChI=1S/C13H20N2O4S/c1-10(14-9-13(2,3)20(4,18)19)11-6-5-7-12(8-11)15(16)17/h5-8,10,14H,9H2,1-4H3. The molecule has 0 saturated heterocycles. The first-order valence-electron chi connectivity index (χ1n) is 6.22. The fourth-order valence-corrected chi connectivity index (χ4v) is 1.90. The van der Waals surface area contributed by atoms with Crippen LogP contribution in [0.2, 0.25) is 0 Å². The number of hydrogen-bond donors (Lipinski definition) is 1. The van der Waals surface area contributed by atoms with Crippen molar-refractivity contribution in [3.63, 3.8) is 0 Å². The van der Waals surface area contributed by atoms with Crippen molar-refractivity contribution in [2.75, 3.05) is 12.8 Å². The minimum absolute atomic E-state index is 0.0264. The van der Waals surface area contributed by atoms with Crippen LogP contribution in [0.4, 0.5) is 5.69 Å². The molecule has 0 fully saturated rings. The highest BCUT2D eigenvalue weighted by Crippen LogP contribution is 2.20. The number of nitrogens with one attached hydrogen (secondary N) is 1. The highest BCUT2D eigenvalue weighted by Gasteiger charge is 2.30. The van der Waals surface area contributed by atoms with E-state index in [2.05, 4.69) is 5.32 Å². The summed E-state index contributed by atoms with van der Waals surface area (Å²) in [6.07, 6.45) is 1.20. The molecular formula is C13H20N2O4S. The SMILES string of the molecule is CC(NCC(C)(C)S(C)(=O)=O)c1cccc([N+](=O)[O-])c1. The van der Waals surface area contributed by atoms with Gasteiger partial charge in [0.2, 0.25) is 0 Å². The maximum Gasteiger partial charge on any atom is 0.269 e. The molecule has 1 atom stereocenters. The lowest BCUT2D eigenvalue weighted by molar-refractivity contribution is -0.384. The average Bonchev–Trinajstić information content (AvgIpc) is 2.34. The van der Waals surface area contributed by atoms with Crippen LogP contribution in [0, 0.1) is 10.1 Å². The second kappa shape index (κ2) is 5.88. The number of nitro groups is 1. The summed E-state index contributed by atoms with van der Waals surface area (Å²) < 4.78 is 22.3. The van der Waals surface area contributed by atoms with E-state index in [1.54, 1.807) is 26.0 Å². The summed E-state index contributed by atoms with van der Waals surface area (Å²) in [5, 5.41) is 13.8. The Morgan fingerprint density at radius 1 is 1.40 bits per heavy atom. The number of benzene rings is 1. The third-order valence-corrected chi connectivity index (χ3v) is 5.57. The first-order valence-corrected chi connectivity index (χ1v) is 8.11. The Labute approximate surface area is 119 Å². The lowest BCUT2D eigenvalue weighted by atomic mass is 10.1. The van der Waals surface area contributed by atoms with Crippen molar-refractivity contribution in [1.29, 1.82) is 0 Å². The molecule has 112 valence electrons. The zero-order valence-corrected chi connectivity index (χ0v) is 12.9. The highest BCUT2D eigenvalue weighted by molar-refractivity contribution is 7.92. The molecule has 0 bridgehead atoms. The summed E-state index contributed by atoms with van der Waals surface area (Å²) in [5.74, 6) is 0. The van der Waals surface area contributed by atoms with Crippen molar-refractivity contribution >= 4 is 15.5 Å². The molecule has 1 aromatic carbocycles. The van der Waals surface area contributed by atoms with E-state index in [0.717, 1.165) is 5.56 Å². The number of rotatable bonds is 6. The third-order valence-electron chi connectivity index (χ3n) is 3.42. The van der Waals surface area contributed by atoms with Crippen molar-refractivity contribution in [1.82, 2.24) is 5.32 Å². The van der Waals surface area contributed by atoms with Gasteiger partial charge in [0.15, 0.2) is 9.84 Å². The first-order chi connectivity index (χ1) is 9.04. The molecule has 1 aromatic rings. The van der Waals surface area contributed by atoms with Crippen molar-refractivity contribution < 1.29 is 13.3 Å². The molecule has 1 rings (SSSR count). The van der Waals surface area contributed by atoms with Crippen LogP contribution >= 0.6 is 0 Å². The molecule has 0 aliphatic heterocycles. The van der Waals surface area contributed by atoms with Gasteiger partial charge in [-0.1, -0.05) is 12.1 Å². The lowest BCUT2D eigenvalue weighted by Crippen LogP contribution is -2.42. The molecule has 0 aromatic heterocycles. The summed E-state index contributed by atoms with van der Waals surface area (Å²) in [5.41, 5.74) is 0.780. The fraction of sp³-hybridized carbons (Fsp3) is 0.538. The Morgan fingerprint density at radius 3 is 2.50 bits per heavy atom. The molecule has 0 saturated carbocycles. The van der Waals surface area contributed by atoms with Crippen molar-refractivity contribution in [2.45, 2.75) is 31.6 Å². The van der Waals surface area contributed by atoms with Crippen LogP contribution in [0.15, 0.2) is 24.3 Å². The van der Waals surface area contributed by atoms with Gasteiger partial charge >= 0.3 is 0 Å². The number of nitro benzene ring substituents is 1. The van der Waals surface area contributed by atoms with Crippen LogP contribution in [0.3, 0.4) is 0 Å². The second-order valence-electron chi connectivity index (χ2n) is 5.49. The van der Waals surface area contributed by atoms with Gasteiger partial charge in [-0.2, -0.15) is 0 Å². The molecule has 0 amide bonds. The minimum Gasteiger partial charge on any atom is -0.309 e. The fourth-order valence-electron chi connectivity index (χ4n) is 1.56. The third kappa shape index (κ3) is 4.01. The summed E-state index contributed by atoms with van der Waals surface area (Å²) in [4.78, 5) is 10.3. The summed E-state index contributed by atoms with van der Waals surface area (Å²) in [6.45, 7) is 5.41. The summed E-state index contributed by atoms with van der Waals surface area (Å²) in [6, 6.07) is 6.14. The average molecular weight is 300 g/mol. The number of non-ortho nitro benzene ring substituents is 1. The number of nitrogens with zero attached hydrogens (tertiary/aromatic N) is 1. The predicted octanol–water partition coefficient (Wildman–Crippen LogP) is 2.07. The Hall–Kier alpha value is -1.47. The van der Waals surface area contributed by atoms with Gasteiger partial charge in [-0.05, 0) is 26.3 Å². The summed E-state index contributed by atoms with van der Waals surface area (Å²) >= 11 is 0. The van der Waals surface area contributed by atoms with Gasteiger partial charge in [-0.3, -0.25) is 10.1 Å². The van der Waals surface area contributed by atoms with Crippen LogP contribution < -0.4 is 5.32 Å². The Kier molecular flexibility index (Phi) is 4.88. The van der Waals surface area contributed by atoms with Gasteiger partial charge in [0.25, 0.3) is 5.69 Å². The monoisotopic (exact) mass is 300 g/mol. The van der Waals surface area contributed by atoms with Gasteiger partial charge in [-0.25, -0.2) is 8.42 Å². The molecule has 1 unspecified atom stereocenters. The maximum atomic E-state index is 11.6.